The van der Waals surface area contributed by atoms with E-state index in [2.05, 4.69) is 0 Å². The van der Waals surface area contributed by atoms with Gasteiger partial charge in [0, 0.05) is 18.3 Å². The maximum absolute atomic E-state index is 12.8. The first-order valence-corrected chi connectivity index (χ1v) is 5.37. The summed E-state index contributed by atoms with van der Waals surface area (Å²) >= 11 is 0. The third-order valence-electron chi connectivity index (χ3n) is 2.99. The van der Waals surface area contributed by atoms with Crippen LogP contribution in [0.1, 0.15) is 25.0 Å². The van der Waals surface area contributed by atoms with E-state index >= 15 is 0 Å². The van der Waals surface area contributed by atoms with E-state index in [4.69, 9.17) is 0 Å². The van der Waals surface area contributed by atoms with Gasteiger partial charge in [0.2, 0.25) is 0 Å². The largest absolute Gasteiger partial charge is 0.416 e. The number of nitrogens with zero attached hydrogens (tertiary/aromatic N) is 1. The summed E-state index contributed by atoms with van der Waals surface area (Å²) in [5.74, 6) is 0. The Hall–Kier alpha value is -1.19. The fraction of sp³-hybridized carbons (Fsp3) is 0.500. The van der Waals surface area contributed by atoms with Crippen molar-refractivity contribution in [1.82, 2.24) is 0 Å². The van der Waals surface area contributed by atoms with Crippen LogP contribution in [0.2, 0.25) is 0 Å². The molecule has 16 heavy (non-hydrogen) atoms. The second kappa shape index (κ2) is 3.68. The molecule has 0 spiro atoms. The molecule has 0 N–H and O–H groups in total. The standard InChI is InChI=1S/C12H14F3N/c1-8(2)16-7-6-9-10(12(13,14)15)4-3-5-11(9)16/h3-5,8H,6-7H2,1-2H3. The summed E-state index contributed by atoms with van der Waals surface area (Å²) in [6.07, 6.45) is -3.75. The molecule has 1 aromatic carbocycles. The molecule has 1 nitrogen and oxygen atoms in total. The second-order valence-corrected chi connectivity index (χ2v) is 4.34. The van der Waals surface area contributed by atoms with Crippen LogP contribution in [0, 0.1) is 0 Å². The zero-order valence-electron chi connectivity index (χ0n) is 9.30. The Morgan fingerprint density at radius 2 is 1.94 bits per heavy atom. The minimum atomic E-state index is -4.24. The van der Waals surface area contributed by atoms with E-state index in [0.29, 0.717) is 18.5 Å². The van der Waals surface area contributed by atoms with Crippen molar-refractivity contribution in [3.8, 4) is 0 Å². The first kappa shape index (κ1) is 11.3. The van der Waals surface area contributed by atoms with Gasteiger partial charge in [-0.05, 0) is 38.0 Å². The average Bonchev–Trinajstić information content (AvgIpc) is 2.58. The van der Waals surface area contributed by atoms with Crippen LogP contribution in [0.5, 0.6) is 0 Å². The Morgan fingerprint density at radius 3 is 2.50 bits per heavy atom. The predicted octanol–water partition coefficient (Wildman–Crippen LogP) is 3.48. The van der Waals surface area contributed by atoms with Crippen LogP contribution in [-0.2, 0) is 12.6 Å². The summed E-state index contributed by atoms with van der Waals surface area (Å²) in [6, 6.07) is 4.67. The molecule has 0 bridgehead atoms. The monoisotopic (exact) mass is 229 g/mol. The Bertz CT molecular complexity index is 396. The average molecular weight is 229 g/mol. The van der Waals surface area contributed by atoms with Gasteiger partial charge in [0.15, 0.2) is 0 Å². The van der Waals surface area contributed by atoms with Crippen LogP contribution in [0.3, 0.4) is 0 Å². The number of anilines is 1. The van der Waals surface area contributed by atoms with E-state index in [1.54, 1.807) is 6.07 Å². The molecule has 1 heterocycles. The van der Waals surface area contributed by atoms with Crippen LogP contribution in [0.25, 0.3) is 0 Å². The van der Waals surface area contributed by atoms with Gasteiger partial charge >= 0.3 is 6.18 Å². The number of halogens is 3. The minimum Gasteiger partial charge on any atom is -0.369 e. The number of benzene rings is 1. The van der Waals surface area contributed by atoms with Gasteiger partial charge in [-0.25, -0.2) is 0 Å². The number of rotatable bonds is 1. The maximum Gasteiger partial charge on any atom is 0.416 e. The molecule has 0 saturated heterocycles. The van der Waals surface area contributed by atoms with Gasteiger partial charge in [-0.3, -0.25) is 0 Å². The van der Waals surface area contributed by atoms with Crippen LogP contribution >= 0.6 is 0 Å². The molecule has 1 aliphatic heterocycles. The van der Waals surface area contributed by atoms with Crippen molar-refractivity contribution in [2.45, 2.75) is 32.5 Å². The smallest absolute Gasteiger partial charge is 0.369 e. The van der Waals surface area contributed by atoms with Gasteiger partial charge in [0.1, 0.15) is 0 Å². The van der Waals surface area contributed by atoms with E-state index in [-0.39, 0.29) is 6.04 Å². The number of fused-ring (bicyclic) bond motifs is 1. The molecule has 0 aliphatic carbocycles. The van der Waals surface area contributed by atoms with Crippen LogP contribution in [-0.4, -0.2) is 12.6 Å². The molecule has 0 aromatic heterocycles. The molecule has 0 atom stereocenters. The Labute approximate surface area is 92.9 Å². The van der Waals surface area contributed by atoms with Gasteiger partial charge in [-0.15, -0.1) is 0 Å². The van der Waals surface area contributed by atoms with Gasteiger partial charge in [0.05, 0.1) is 5.56 Å². The lowest BCUT2D eigenvalue weighted by Gasteiger charge is -2.24. The third kappa shape index (κ3) is 1.77. The van der Waals surface area contributed by atoms with Crippen molar-refractivity contribution in [2.75, 3.05) is 11.4 Å². The number of hydrogen-bond acceptors (Lipinski definition) is 1. The highest BCUT2D eigenvalue weighted by Crippen LogP contribution is 2.39. The van der Waals surface area contributed by atoms with Crippen LogP contribution in [0.15, 0.2) is 18.2 Å². The minimum absolute atomic E-state index is 0.240. The lowest BCUT2D eigenvalue weighted by molar-refractivity contribution is -0.138. The topological polar surface area (TPSA) is 3.24 Å². The highest BCUT2D eigenvalue weighted by Gasteiger charge is 2.36. The summed E-state index contributed by atoms with van der Waals surface area (Å²) in [7, 11) is 0. The van der Waals surface area contributed by atoms with Gasteiger partial charge in [-0.1, -0.05) is 6.07 Å². The molecule has 1 aromatic rings. The molecule has 0 amide bonds. The third-order valence-corrected chi connectivity index (χ3v) is 2.99. The van der Waals surface area contributed by atoms with E-state index in [1.807, 2.05) is 18.7 Å². The molecule has 88 valence electrons. The zero-order chi connectivity index (χ0) is 11.9. The molecule has 4 heteroatoms. The first-order valence-electron chi connectivity index (χ1n) is 5.37. The lowest BCUT2D eigenvalue weighted by atomic mass is 10.0. The van der Waals surface area contributed by atoms with Gasteiger partial charge < -0.3 is 4.90 Å². The molecule has 0 fully saturated rings. The fourth-order valence-electron chi connectivity index (χ4n) is 2.26. The van der Waals surface area contributed by atoms with Gasteiger partial charge in [0.25, 0.3) is 0 Å². The molecular formula is C12H14F3N. The molecule has 0 unspecified atom stereocenters. The van der Waals surface area contributed by atoms with Gasteiger partial charge in [-0.2, -0.15) is 13.2 Å². The van der Waals surface area contributed by atoms with E-state index < -0.39 is 11.7 Å². The van der Waals surface area contributed by atoms with Crippen molar-refractivity contribution < 1.29 is 13.2 Å². The molecular weight excluding hydrogens is 215 g/mol. The van der Waals surface area contributed by atoms with Crippen molar-refractivity contribution in [3.05, 3.63) is 29.3 Å². The quantitative estimate of drug-likeness (QED) is 0.712. The lowest BCUT2D eigenvalue weighted by Crippen LogP contribution is -2.28. The summed E-state index contributed by atoms with van der Waals surface area (Å²) < 4.78 is 38.3. The fourth-order valence-corrected chi connectivity index (χ4v) is 2.26. The van der Waals surface area contributed by atoms with E-state index in [9.17, 15) is 13.2 Å². The van der Waals surface area contributed by atoms with Crippen LogP contribution < -0.4 is 4.90 Å². The second-order valence-electron chi connectivity index (χ2n) is 4.34. The highest BCUT2D eigenvalue weighted by molar-refractivity contribution is 5.62. The molecule has 2 rings (SSSR count). The van der Waals surface area contributed by atoms with Crippen molar-refractivity contribution in [2.24, 2.45) is 0 Å². The Kier molecular flexibility index (Phi) is 2.60. The zero-order valence-corrected chi connectivity index (χ0v) is 9.30. The van der Waals surface area contributed by atoms with Crippen LogP contribution in [0.4, 0.5) is 18.9 Å². The maximum atomic E-state index is 12.8. The highest BCUT2D eigenvalue weighted by atomic mass is 19.4. The Balaban J connectivity index is 2.48. The first-order chi connectivity index (χ1) is 7.41. The normalized spacial score (nSPS) is 15.8. The summed E-state index contributed by atoms with van der Waals surface area (Å²) in [4.78, 5) is 2.02. The predicted molar refractivity (Wildman–Crippen MR) is 57.6 cm³/mol. The molecule has 1 aliphatic rings. The number of hydrogen-bond donors (Lipinski definition) is 0. The van der Waals surface area contributed by atoms with Crippen molar-refractivity contribution in [1.29, 1.82) is 0 Å². The summed E-state index contributed by atoms with van der Waals surface area (Å²) in [6.45, 7) is 4.67. The molecule has 0 saturated carbocycles. The molecule has 0 radical (unpaired) electrons. The summed E-state index contributed by atoms with van der Waals surface area (Å²) in [5.41, 5.74) is 0.710. The Morgan fingerprint density at radius 1 is 1.25 bits per heavy atom. The van der Waals surface area contributed by atoms with Crippen molar-refractivity contribution in [3.63, 3.8) is 0 Å². The number of alkyl halides is 3. The SMILES string of the molecule is CC(C)N1CCc2c1cccc2C(F)(F)F. The summed E-state index contributed by atoms with van der Waals surface area (Å²) in [5, 5.41) is 0. The van der Waals surface area contributed by atoms with E-state index in [0.717, 1.165) is 5.69 Å². The van der Waals surface area contributed by atoms with E-state index in [1.165, 1.54) is 12.1 Å². The van der Waals surface area contributed by atoms with Crippen molar-refractivity contribution >= 4 is 5.69 Å².